The number of nitrogens with zero attached hydrogens (tertiary/aromatic N) is 1. The molecular weight excluding hydrogens is 204 g/mol. The summed E-state index contributed by atoms with van der Waals surface area (Å²) in [5.74, 6) is 1.16. The zero-order chi connectivity index (χ0) is 10.9. The summed E-state index contributed by atoms with van der Waals surface area (Å²) in [6, 6.07) is 1.99. The number of unbranched alkanes of at least 4 members (excludes halogenated alkanes) is 4. The number of pyridine rings is 1. The topological polar surface area (TPSA) is 38.9 Å². The average Bonchev–Trinajstić information content (AvgIpc) is 2.25. The van der Waals surface area contributed by atoms with Gasteiger partial charge in [-0.15, -0.1) is 11.8 Å². The fourth-order valence-electron chi connectivity index (χ4n) is 1.41. The average molecular weight is 224 g/mol. The highest BCUT2D eigenvalue weighted by Gasteiger charge is 1.98. The van der Waals surface area contributed by atoms with Crippen molar-refractivity contribution in [2.45, 2.75) is 43.9 Å². The first-order valence-electron chi connectivity index (χ1n) is 5.67. The number of aromatic nitrogens is 1. The second-order valence-electron chi connectivity index (χ2n) is 3.68. The lowest BCUT2D eigenvalue weighted by Gasteiger charge is -2.04. The van der Waals surface area contributed by atoms with E-state index in [-0.39, 0.29) is 0 Å². The first-order chi connectivity index (χ1) is 7.34. The molecule has 0 amide bonds. The first-order valence-corrected chi connectivity index (χ1v) is 6.65. The van der Waals surface area contributed by atoms with Gasteiger partial charge in [-0.2, -0.15) is 0 Å². The van der Waals surface area contributed by atoms with E-state index in [0.29, 0.717) is 0 Å². The normalized spacial score (nSPS) is 10.5. The molecular formula is C12H20N2S. The number of nitrogens with two attached hydrogens (primary N) is 1. The molecule has 1 aromatic heterocycles. The molecule has 0 radical (unpaired) electrons. The van der Waals surface area contributed by atoms with Gasteiger partial charge in [-0.3, -0.25) is 4.98 Å². The van der Waals surface area contributed by atoms with E-state index in [1.165, 1.54) is 37.0 Å². The van der Waals surface area contributed by atoms with E-state index in [1.54, 1.807) is 12.4 Å². The van der Waals surface area contributed by atoms with Crippen molar-refractivity contribution in [1.82, 2.24) is 4.98 Å². The van der Waals surface area contributed by atoms with Gasteiger partial charge in [0.05, 0.1) is 11.9 Å². The highest BCUT2D eigenvalue weighted by Crippen LogP contribution is 2.24. The highest BCUT2D eigenvalue weighted by molar-refractivity contribution is 7.99. The van der Waals surface area contributed by atoms with Gasteiger partial charge in [0.15, 0.2) is 0 Å². The van der Waals surface area contributed by atoms with Crippen LogP contribution in [0.2, 0.25) is 0 Å². The highest BCUT2D eigenvalue weighted by atomic mass is 32.2. The van der Waals surface area contributed by atoms with Gasteiger partial charge in [0, 0.05) is 11.1 Å². The van der Waals surface area contributed by atoms with Crippen molar-refractivity contribution in [3.63, 3.8) is 0 Å². The lowest BCUT2D eigenvalue weighted by molar-refractivity contribution is 0.659. The second kappa shape index (κ2) is 7.57. The van der Waals surface area contributed by atoms with Crippen LogP contribution in [0.4, 0.5) is 5.69 Å². The zero-order valence-electron chi connectivity index (χ0n) is 9.41. The minimum atomic E-state index is 0.802. The van der Waals surface area contributed by atoms with E-state index in [0.717, 1.165) is 11.4 Å². The molecule has 1 aromatic rings. The van der Waals surface area contributed by atoms with E-state index in [9.17, 15) is 0 Å². The minimum Gasteiger partial charge on any atom is -0.397 e. The van der Waals surface area contributed by atoms with Crippen LogP contribution in [0, 0.1) is 0 Å². The number of hydrogen-bond acceptors (Lipinski definition) is 3. The number of nitrogen functional groups attached to an aromatic ring is 1. The van der Waals surface area contributed by atoms with Gasteiger partial charge in [0.25, 0.3) is 0 Å². The Balaban J connectivity index is 2.12. The molecule has 15 heavy (non-hydrogen) atoms. The Morgan fingerprint density at radius 2 is 2.07 bits per heavy atom. The van der Waals surface area contributed by atoms with E-state index >= 15 is 0 Å². The Bertz CT molecular complexity index is 276. The Morgan fingerprint density at radius 1 is 1.27 bits per heavy atom. The van der Waals surface area contributed by atoms with E-state index in [4.69, 9.17) is 5.73 Å². The maximum atomic E-state index is 5.80. The Kier molecular flexibility index (Phi) is 6.25. The molecule has 84 valence electrons. The Labute approximate surface area is 96.7 Å². The standard InChI is InChI=1S/C12H20N2S/c1-2-3-4-5-6-9-15-12-7-8-14-10-11(12)13/h7-8,10H,2-6,9,13H2,1H3. The van der Waals surface area contributed by atoms with E-state index in [1.807, 2.05) is 17.8 Å². The molecule has 0 aromatic carbocycles. The van der Waals surface area contributed by atoms with Crippen LogP contribution in [0.1, 0.15) is 39.0 Å². The van der Waals surface area contributed by atoms with Gasteiger partial charge in [-0.05, 0) is 18.2 Å². The zero-order valence-corrected chi connectivity index (χ0v) is 10.2. The maximum Gasteiger partial charge on any atom is 0.0638 e. The molecule has 0 aliphatic heterocycles. The Hall–Kier alpha value is -0.700. The first kappa shape index (κ1) is 12.4. The van der Waals surface area contributed by atoms with Crippen molar-refractivity contribution >= 4 is 17.4 Å². The van der Waals surface area contributed by atoms with Crippen molar-refractivity contribution in [3.05, 3.63) is 18.5 Å². The molecule has 1 heterocycles. The summed E-state index contributed by atoms with van der Waals surface area (Å²) < 4.78 is 0. The van der Waals surface area contributed by atoms with Crippen LogP contribution in [-0.2, 0) is 0 Å². The lowest BCUT2D eigenvalue weighted by atomic mass is 10.2. The molecule has 0 aliphatic carbocycles. The van der Waals surface area contributed by atoms with Crippen molar-refractivity contribution in [1.29, 1.82) is 0 Å². The smallest absolute Gasteiger partial charge is 0.0638 e. The van der Waals surface area contributed by atoms with Gasteiger partial charge >= 0.3 is 0 Å². The number of thioether (sulfide) groups is 1. The predicted octanol–water partition coefficient (Wildman–Crippen LogP) is 3.73. The molecule has 0 fully saturated rings. The van der Waals surface area contributed by atoms with E-state index < -0.39 is 0 Å². The molecule has 0 spiro atoms. The molecule has 0 bridgehead atoms. The number of anilines is 1. The Morgan fingerprint density at radius 3 is 2.80 bits per heavy atom. The van der Waals surface area contributed by atoms with Crippen LogP contribution in [0.3, 0.4) is 0 Å². The van der Waals surface area contributed by atoms with Crippen LogP contribution in [0.15, 0.2) is 23.4 Å². The summed E-state index contributed by atoms with van der Waals surface area (Å²) in [6.07, 6.45) is 10.2. The van der Waals surface area contributed by atoms with Crippen LogP contribution in [-0.4, -0.2) is 10.7 Å². The quantitative estimate of drug-likeness (QED) is 0.566. The molecule has 2 N–H and O–H groups in total. The number of hydrogen-bond donors (Lipinski definition) is 1. The van der Waals surface area contributed by atoms with Gasteiger partial charge in [0.2, 0.25) is 0 Å². The van der Waals surface area contributed by atoms with Crippen LogP contribution < -0.4 is 5.73 Å². The third-order valence-electron chi connectivity index (χ3n) is 2.32. The van der Waals surface area contributed by atoms with E-state index in [2.05, 4.69) is 11.9 Å². The van der Waals surface area contributed by atoms with Crippen LogP contribution in [0.5, 0.6) is 0 Å². The van der Waals surface area contributed by atoms with Crippen molar-refractivity contribution in [3.8, 4) is 0 Å². The van der Waals surface area contributed by atoms with Gasteiger partial charge in [-0.1, -0.05) is 32.6 Å². The summed E-state index contributed by atoms with van der Waals surface area (Å²) in [7, 11) is 0. The summed E-state index contributed by atoms with van der Waals surface area (Å²) in [5.41, 5.74) is 6.60. The number of rotatable bonds is 7. The summed E-state index contributed by atoms with van der Waals surface area (Å²) in [5, 5.41) is 0. The molecule has 3 heteroatoms. The van der Waals surface area contributed by atoms with Crippen molar-refractivity contribution in [2.75, 3.05) is 11.5 Å². The molecule has 0 unspecified atom stereocenters. The fraction of sp³-hybridized carbons (Fsp3) is 0.583. The fourth-order valence-corrected chi connectivity index (χ4v) is 2.36. The van der Waals surface area contributed by atoms with Crippen LogP contribution in [0.25, 0.3) is 0 Å². The molecule has 2 nitrogen and oxygen atoms in total. The molecule has 0 aliphatic rings. The van der Waals surface area contributed by atoms with Crippen molar-refractivity contribution < 1.29 is 0 Å². The third-order valence-corrected chi connectivity index (χ3v) is 3.49. The van der Waals surface area contributed by atoms with Gasteiger partial charge < -0.3 is 5.73 Å². The molecule has 0 atom stereocenters. The molecule has 0 saturated carbocycles. The van der Waals surface area contributed by atoms with Gasteiger partial charge in [0.1, 0.15) is 0 Å². The summed E-state index contributed by atoms with van der Waals surface area (Å²) in [4.78, 5) is 5.14. The molecule has 0 saturated heterocycles. The maximum absolute atomic E-state index is 5.80. The van der Waals surface area contributed by atoms with Crippen molar-refractivity contribution in [2.24, 2.45) is 0 Å². The third kappa shape index (κ3) is 5.07. The largest absolute Gasteiger partial charge is 0.397 e. The van der Waals surface area contributed by atoms with Crippen LogP contribution >= 0.6 is 11.8 Å². The van der Waals surface area contributed by atoms with Gasteiger partial charge in [-0.25, -0.2) is 0 Å². The summed E-state index contributed by atoms with van der Waals surface area (Å²) in [6.45, 7) is 2.24. The monoisotopic (exact) mass is 224 g/mol. The lowest BCUT2D eigenvalue weighted by Crippen LogP contribution is -1.90. The summed E-state index contributed by atoms with van der Waals surface area (Å²) >= 11 is 1.84. The second-order valence-corrected chi connectivity index (χ2v) is 4.81. The predicted molar refractivity (Wildman–Crippen MR) is 68.1 cm³/mol. The minimum absolute atomic E-state index is 0.802. The molecule has 1 rings (SSSR count). The SMILES string of the molecule is CCCCCCCSc1ccncc1N.